The van der Waals surface area contributed by atoms with E-state index in [0.717, 1.165) is 22.7 Å². The topological polar surface area (TPSA) is 71.5 Å². The number of nitrogens with one attached hydrogen (secondary N) is 1. The van der Waals surface area contributed by atoms with Crippen LogP contribution >= 0.6 is 11.8 Å². The zero-order valence-corrected chi connectivity index (χ0v) is 9.71. The second-order valence-electron chi connectivity index (χ2n) is 3.31. The standard InChI is InChI=1S/C10H10N4OS/c1-6-3-8(5-15)4-11-9(6)16-10-12-7(2)13-14-10/h3-5H,1-2H3,(H,12,13,14). The average Bonchev–Trinajstić information content (AvgIpc) is 2.67. The number of hydrogen-bond donors (Lipinski definition) is 1. The molecule has 2 aromatic rings. The van der Waals surface area contributed by atoms with Gasteiger partial charge in [-0.1, -0.05) is 0 Å². The number of rotatable bonds is 3. The predicted octanol–water partition coefficient (Wildman–Crippen LogP) is 1.78. The van der Waals surface area contributed by atoms with Crippen molar-refractivity contribution >= 4 is 18.0 Å². The number of pyridine rings is 1. The summed E-state index contributed by atoms with van der Waals surface area (Å²) in [5, 5.41) is 8.22. The highest BCUT2D eigenvalue weighted by Crippen LogP contribution is 2.25. The van der Waals surface area contributed by atoms with Crippen LogP contribution in [0.5, 0.6) is 0 Å². The van der Waals surface area contributed by atoms with Crippen LogP contribution in [-0.2, 0) is 0 Å². The Balaban J connectivity index is 2.25. The van der Waals surface area contributed by atoms with Gasteiger partial charge in [0.15, 0.2) is 6.29 Å². The van der Waals surface area contributed by atoms with E-state index in [4.69, 9.17) is 0 Å². The Kier molecular flexibility index (Phi) is 3.00. The summed E-state index contributed by atoms with van der Waals surface area (Å²) in [5.41, 5.74) is 1.52. The molecule has 0 aliphatic carbocycles. The van der Waals surface area contributed by atoms with E-state index in [9.17, 15) is 4.79 Å². The number of carbonyl (C=O) groups is 1. The number of aldehydes is 1. The first-order valence-electron chi connectivity index (χ1n) is 4.67. The van der Waals surface area contributed by atoms with Gasteiger partial charge in [0, 0.05) is 11.8 Å². The number of carbonyl (C=O) groups excluding carboxylic acids is 1. The summed E-state index contributed by atoms with van der Waals surface area (Å²) >= 11 is 1.37. The third kappa shape index (κ3) is 2.27. The molecule has 0 fully saturated rings. The molecule has 0 radical (unpaired) electrons. The summed E-state index contributed by atoms with van der Waals surface area (Å²) < 4.78 is 0. The Morgan fingerprint density at radius 3 is 2.81 bits per heavy atom. The normalized spacial score (nSPS) is 10.4. The van der Waals surface area contributed by atoms with Crippen LogP contribution in [0, 0.1) is 13.8 Å². The average molecular weight is 234 g/mol. The van der Waals surface area contributed by atoms with Crippen LogP contribution in [0.25, 0.3) is 0 Å². The molecule has 0 unspecified atom stereocenters. The fourth-order valence-corrected chi connectivity index (χ4v) is 1.98. The summed E-state index contributed by atoms with van der Waals surface area (Å²) in [6.07, 6.45) is 2.33. The van der Waals surface area contributed by atoms with Crippen LogP contribution in [0.4, 0.5) is 0 Å². The van der Waals surface area contributed by atoms with Crippen LogP contribution in [0.15, 0.2) is 22.4 Å². The van der Waals surface area contributed by atoms with Crippen LogP contribution in [0.3, 0.4) is 0 Å². The van der Waals surface area contributed by atoms with E-state index in [1.54, 1.807) is 12.3 Å². The van der Waals surface area contributed by atoms with E-state index in [-0.39, 0.29) is 0 Å². The second kappa shape index (κ2) is 4.44. The highest BCUT2D eigenvalue weighted by Gasteiger charge is 2.07. The first kappa shape index (κ1) is 10.8. The molecule has 0 aliphatic rings. The number of aryl methyl sites for hydroxylation is 2. The van der Waals surface area contributed by atoms with Crippen molar-refractivity contribution in [3.05, 3.63) is 29.2 Å². The molecule has 6 heteroatoms. The van der Waals surface area contributed by atoms with Crippen molar-refractivity contribution in [1.29, 1.82) is 0 Å². The lowest BCUT2D eigenvalue weighted by molar-refractivity contribution is 0.112. The van der Waals surface area contributed by atoms with Crippen molar-refractivity contribution < 1.29 is 4.79 Å². The molecule has 0 bridgehead atoms. The maximum Gasteiger partial charge on any atom is 0.214 e. The fourth-order valence-electron chi connectivity index (χ4n) is 1.21. The van der Waals surface area contributed by atoms with Crippen molar-refractivity contribution in [2.24, 2.45) is 0 Å². The van der Waals surface area contributed by atoms with Crippen LogP contribution in [-0.4, -0.2) is 26.5 Å². The van der Waals surface area contributed by atoms with Crippen molar-refractivity contribution in [3.8, 4) is 0 Å². The molecular formula is C10H10N4OS. The van der Waals surface area contributed by atoms with Gasteiger partial charge in [-0.15, -0.1) is 5.10 Å². The Labute approximate surface area is 96.7 Å². The van der Waals surface area contributed by atoms with Crippen molar-refractivity contribution in [2.45, 2.75) is 24.0 Å². The van der Waals surface area contributed by atoms with Gasteiger partial charge in [-0.3, -0.25) is 9.89 Å². The van der Waals surface area contributed by atoms with Gasteiger partial charge in [-0.2, -0.15) is 0 Å². The first-order chi connectivity index (χ1) is 7.69. The van der Waals surface area contributed by atoms with Crippen LogP contribution in [0.1, 0.15) is 21.7 Å². The second-order valence-corrected chi connectivity index (χ2v) is 4.27. The molecule has 0 aliphatic heterocycles. The maximum atomic E-state index is 10.6. The lowest BCUT2D eigenvalue weighted by Gasteiger charge is -2.01. The van der Waals surface area contributed by atoms with Crippen molar-refractivity contribution in [1.82, 2.24) is 20.2 Å². The SMILES string of the molecule is Cc1nc(Sc2ncc(C=O)cc2C)n[nH]1. The Bertz CT molecular complexity index is 523. The largest absolute Gasteiger partial charge is 0.298 e. The molecule has 2 heterocycles. The third-order valence-electron chi connectivity index (χ3n) is 1.95. The fraction of sp³-hybridized carbons (Fsp3) is 0.200. The van der Waals surface area contributed by atoms with Gasteiger partial charge in [-0.25, -0.2) is 9.97 Å². The molecule has 2 aromatic heterocycles. The zero-order valence-electron chi connectivity index (χ0n) is 8.89. The highest BCUT2D eigenvalue weighted by atomic mass is 32.2. The highest BCUT2D eigenvalue weighted by molar-refractivity contribution is 7.99. The summed E-state index contributed by atoms with van der Waals surface area (Å²) in [7, 11) is 0. The van der Waals surface area contributed by atoms with Gasteiger partial charge in [0.1, 0.15) is 10.9 Å². The van der Waals surface area contributed by atoms with Gasteiger partial charge in [0.05, 0.1) is 0 Å². The monoisotopic (exact) mass is 234 g/mol. The Morgan fingerprint density at radius 1 is 1.44 bits per heavy atom. The van der Waals surface area contributed by atoms with Gasteiger partial charge in [0.2, 0.25) is 5.16 Å². The first-order valence-corrected chi connectivity index (χ1v) is 5.49. The molecule has 0 saturated heterocycles. The van der Waals surface area contributed by atoms with E-state index in [2.05, 4.69) is 20.2 Å². The van der Waals surface area contributed by atoms with Gasteiger partial charge >= 0.3 is 0 Å². The smallest absolute Gasteiger partial charge is 0.214 e. The molecule has 0 aromatic carbocycles. The van der Waals surface area contributed by atoms with Gasteiger partial charge in [0.25, 0.3) is 0 Å². The molecule has 2 rings (SSSR count). The molecule has 0 amide bonds. The predicted molar refractivity (Wildman–Crippen MR) is 59.6 cm³/mol. The minimum Gasteiger partial charge on any atom is -0.298 e. The Morgan fingerprint density at radius 2 is 2.25 bits per heavy atom. The molecular weight excluding hydrogens is 224 g/mol. The Hall–Kier alpha value is -1.69. The molecule has 82 valence electrons. The molecule has 0 atom stereocenters. The lowest BCUT2D eigenvalue weighted by atomic mass is 10.2. The molecule has 16 heavy (non-hydrogen) atoms. The third-order valence-corrected chi connectivity index (χ3v) is 2.94. The number of nitrogens with zero attached hydrogens (tertiary/aromatic N) is 3. The minimum atomic E-state index is 0.577. The van der Waals surface area contributed by atoms with Crippen LogP contribution in [0.2, 0.25) is 0 Å². The summed E-state index contributed by atoms with van der Waals surface area (Å²) in [4.78, 5) is 18.9. The van der Waals surface area contributed by atoms with E-state index in [1.165, 1.54) is 11.8 Å². The lowest BCUT2D eigenvalue weighted by Crippen LogP contribution is -1.90. The quantitative estimate of drug-likeness (QED) is 0.819. The molecule has 1 N–H and O–H groups in total. The number of H-pyrrole nitrogens is 1. The van der Waals surface area contributed by atoms with Crippen molar-refractivity contribution in [3.63, 3.8) is 0 Å². The van der Waals surface area contributed by atoms with Gasteiger partial charge < -0.3 is 0 Å². The zero-order chi connectivity index (χ0) is 11.5. The number of aromatic amines is 1. The summed E-state index contributed by atoms with van der Waals surface area (Å²) in [6.45, 7) is 3.74. The van der Waals surface area contributed by atoms with Crippen molar-refractivity contribution in [2.75, 3.05) is 0 Å². The van der Waals surface area contributed by atoms with E-state index in [0.29, 0.717) is 10.7 Å². The molecule has 0 spiro atoms. The number of aromatic nitrogens is 4. The van der Waals surface area contributed by atoms with E-state index < -0.39 is 0 Å². The minimum absolute atomic E-state index is 0.577. The van der Waals surface area contributed by atoms with E-state index in [1.807, 2.05) is 13.8 Å². The summed E-state index contributed by atoms with van der Waals surface area (Å²) in [5.74, 6) is 0.768. The maximum absolute atomic E-state index is 10.6. The van der Waals surface area contributed by atoms with Gasteiger partial charge in [-0.05, 0) is 37.2 Å². The number of hydrogen-bond acceptors (Lipinski definition) is 5. The molecule has 0 saturated carbocycles. The van der Waals surface area contributed by atoms with E-state index >= 15 is 0 Å². The summed E-state index contributed by atoms with van der Waals surface area (Å²) in [6, 6.07) is 1.79. The molecule has 5 nitrogen and oxygen atoms in total. The van der Waals surface area contributed by atoms with Crippen LogP contribution < -0.4 is 0 Å².